The smallest absolute Gasteiger partial charge is 0.223 e. The highest BCUT2D eigenvalue weighted by atomic mass is 15.1. The molecule has 6 heteroatoms. The molecule has 0 saturated heterocycles. The van der Waals surface area contributed by atoms with Crippen LogP contribution >= 0.6 is 0 Å². The Bertz CT molecular complexity index is 1050. The lowest BCUT2D eigenvalue weighted by Gasteiger charge is -2.33. The molecule has 6 nitrogen and oxygen atoms in total. The number of anilines is 2. The first kappa shape index (κ1) is 21.5. The van der Waals surface area contributed by atoms with Gasteiger partial charge in [-0.1, -0.05) is 13.8 Å². The molecule has 0 radical (unpaired) electrons. The number of pyridine rings is 1. The van der Waals surface area contributed by atoms with Gasteiger partial charge >= 0.3 is 0 Å². The van der Waals surface area contributed by atoms with Crippen LogP contribution in [0.1, 0.15) is 50.8 Å². The van der Waals surface area contributed by atoms with Crippen LogP contribution in [0.2, 0.25) is 0 Å². The number of benzene rings is 1. The number of hydrogen-bond donors (Lipinski definition) is 2. The van der Waals surface area contributed by atoms with Gasteiger partial charge in [-0.05, 0) is 88.0 Å². The summed E-state index contributed by atoms with van der Waals surface area (Å²) in [6.45, 7) is 4.29. The molecule has 31 heavy (non-hydrogen) atoms. The van der Waals surface area contributed by atoms with E-state index in [1.165, 1.54) is 18.4 Å². The van der Waals surface area contributed by atoms with E-state index < -0.39 is 0 Å². The number of nitrogens with zero attached hydrogens (tertiary/aromatic N) is 4. The third-order valence-corrected chi connectivity index (χ3v) is 6.54. The lowest BCUT2D eigenvalue weighted by Crippen LogP contribution is -2.36. The molecule has 3 aromatic rings. The lowest BCUT2D eigenvalue weighted by atomic mass is 9.90. The number of hydrogen-bond acceptors (Lipinski definition) is 6. The number of aryl methyl sites for hydroxylation is 2. The van der Waals surface area contributed by atoms with Gasteiger partial charge in [0.15, 0.2) is 0 Å². The first-order chi connectivity index (χ1) is 15.0. The van der Waals surface area contributed by atoms with E-state index in [0.29, 0.717) is 17.9 Å². The Labute approximate surface area is 185 Å². The van der Waals surface area contributed by atoms with E-state index in [9.17, 15) is 0 Å². The van der Waals surface area contributed by atoms with Crippen molar-refractivity contribution in [3.63, 3.8) is 0 Å². The Morgan fingerprint density at radius 3 is 2.48 bits per heavy atom. The van der Waals surface area contributed by atoms with Crippen molar-refractivity contribution in [3.05, 3.63) is 41.7 Å². The van der Waals surface area contributed by atoms with Gasteiger partial charge in [0.1, 0.15) is 5.82 Å². The van der Waals surface area contributed by atoms with Crippen LogP contribution in [0.25, 0.3) is 22.0 Å². The highest BCUT2D eigenvalue weighted by Gasteiger charge is 2.23. The summed E-state index contributed by atoms with van der Waals surface area (Å²) in [6.07, 6.45) is 8.47. The molecule has 1 fully saturated rings. The quantitative estimate of drug-likeness (QED) is 0.605. The zero-order valence-corrected chi connectivity index (χ0v) is 19.2. The molecule has 2 heterocycles. The first-order valence-corrected chi connectivity index (χ1v) is 11.5. The van der Waals surface area contributed by atoms with Crippen LogP contribution in [0.5, 0.6) is 0 Å². The summed E-state index contributed by atoms with van der Waals surface area (Å²) in [5, 5.41) is 4.65. The summed E-state index contributed by atoms with van der Waals surface area (Å²) in [6, 6.07) is 9.50. The molecular formula is C25H34N6. The molecule has 0 atom stereocenters. The molecule has 2 aromatic heterocycles. The third-order valence-electron chi connectivity index (χ3n) is 6.54. The maximum atomic E-state index is 5.90. The Hall–Kier alpha value is -2.73. The minimum absolute atomic E-state index is 0.450. The number of fused-ring (bicyclic) bond motifs is 1. The zero-order chi connectivity index (χ0) is 22.0. The van der Waals surface area contributed by atoms with Crippen molar-refractivity contribution < 1.29 is 0 Å². The van der Waals surface area contributed by atoms with E-state index in [4.69, 9.17) is 10.7 Å². The van der Waals surface area contributed by atoms with Crippen molar-refractivity contribution in [1.82, 2.24) is 19.9 Å². The van der Waals surface area contributed by atoms with E-state index in [2.05, 4.69) is 66.3 Å². The fourth-order valence-electron chi connectivity index (χ4n) is 4.68. The largest absolute Gasteiger partial charge is 0.384 e. The SMILES string of the molecule is CCc1nc(N)ccc1-c1cc(CC)c2nc(NC3CCC(N(C)C)CC3)ncc2c1. The molecule has 0 bridgehead atoms. The number of nitrogen functional groups attached to an aromatic ring is 1. The van der Waals surface area contributed by atoms with Crippen LogP contribution in [-0.2, 0) is 12.8 Å². The van der Waals surface area contributed by atoms with Gasteiger partial charge in [0.2, 0.25) is 5.95 Å². The van der Waals surface area contributed by atoms with Gasteiger partial charge in [-0.15, -0.1) is 0 Å². The second-order valence-electron chi connectivity index (χ2n) is 8.82. The summed E-state index contributed by atoms with van der Waals surface area (Å²) in [7, 11) is 4.35. The van der Waals surface area contributed by atoms with Gasteiger partial charge in [-0.3, -0.25) is 0 Å². The lowest BCUT2D eigenvalue weighted by molar-refractivity contribution is 0.221. The van der Waals surface area contributed by atoms with Crippen LogP contribution in [0, 0.1) is 0 Å². The minimum atomic E-state index is 0.450. The van der Waals surface area contributed by atoms with Crippen molar-refractivity contribution in [1.29, 1.82) is 0 Å². The van der Waals surface area contributed by atoms with E-state index in [1.807, 2.05) is 12.3 Å². The normalized spacial score (nSPS) is 19.1. The summed E-state index contributed by atoms with van der Waals surface area (Å²) in [4.78, 5) is 16.4. The van der Waals surface area contributed by atoms with Gasteiger partial charge in [-0.2, -0.15) is 0 Å². The van der Waals surface area contributed by atoms with Gasteiger partial charge in [0.05, 0.1) is 11.2 Å². The number of aromatic nitrogens is 3. The molecule has 0 unspecified atom stereocenters. The number of rotatable bonds is 6. The first-order valence-electron chi connectivity index (χ1n) is 11.5. The number of nitrogens with one attached hydrogen (secondary N) is 1. The fourth-order valence-corrected chi connectivity index (χ4v) is 4.68. The molecular weight excluding hydrogens is 384 g/mol. The maximum Gasteiger partial charge on any atom is 0.223 e. The van der Waals surface area contributed by atoms with Gasteiger partial charge in [-0.25, -0.2) is 15.0 Å². The second kappa shape index (κ2) is 9.18. The Kier molecular flexibility index (Phi) is 6.37. The highest BCUT2D eigenvalue weighted by Crippen LogP contribution is 2.30. The maximum absolute atomic E-state index is 5.90. The van der Waals surface area contributed by atoms with Crippen LogP contribution < -0.4 is 11.1 Å². The van der Waals surface area contributed by atoms with Crippen molar-refractivity contribution in [2.75, 3.05) is 25.1 Å². The van der Waals surface area contributed by atoms with E-state index in [1.54, 1.807) is 0 Å². The van der Waals surface area contributed by atoms with E-state index in [0.717, 1.165) is 59.4 Å². The van der Waals surface area contributed by atoms with Crippen LogP contribution in [0.4, 0.5) is 11.8 Å². The molecule has 0 spiro atoms. The molecule has 0 aliphatic heterocycles. The molecule has 164 valence electrons. The predicted octanol–water partition coefficient (Wildman–Crippen LogP) is 4.68. The molecule has 1 aliphatic rings. The summed E-state index contributed by atoms with van der Waals surface area (Å²) >= 11 is 0. The Morgan fingerprint density at radius 2 is 1.81 bits per heavy atom. The van der Waals surface area contributed by atoms with E-state index in [-0.39, 0.29) is 0 Å². The average molecular weight is 419 g/mol. The monoisotopic (exact) mass is 418 g/mol. The predicted molar refractivity (Wildman–Crippen MR) is 129 cm³/mol. The van der Waals surface area contributed by atoms with Crippen molar-refractivity contribution >= 4 is 22.7 Å². The average Bonchev–Trinajstić information content (AvgIpc) is 2.78. The standard InChI is InChI=1S/C25H34N6/c1-5-16-13-17(21-11-12-23(26)29-22(21)6-2)14-18-15-27-25(30-24(16)18)28-19-7-9-20(10-8-19)31(3)4/h11-15,19-20H,5-10H2,1-4H3,(H2,26,29)(H,27,28,30). The molecule has 1 aromatic carbocycles. The minimum Gasteiger partial charge on any atom is -0.384 e. The zero-order valence-electron chi connectivity index (χ0n) is 19.2. The Balaban J connectivity index is 1.61. The fraction of sp³-hybridized carbons (Fsp3) is 0.480. The molecule has 1 aliphatic carbocycles. The van der Waals surface area contributed by atoms with Crippen molar-refractivity contribution in [2.45, 2.75) is 64.5 Å². The molecule has 0 amide bonds. The van der Waals surface area contributed by atoms with Gasteiger partial charge < -0.3 is 16.0 Å². The highest BCUT2D eigenvalue weighted by molar-refractivity contribution is 5.88. The second-order valence-corrected chi connectivity index (χ2v) is 8.82. The van der Waals surface area contributed by atoms with Gasteiger partial charge in [0.25, 0.3) is 0 Å². The third kappa shape index (κ3) is 4.64. The molecule has 1 saturated carbocycles. The molecule has 4 rings (SSSR count). The topological polar surface area (TPSA) is 80.0 Å². The van der Waals surface area contributed by atoms with Crippen LogP contribution in [0.15, 0.2) is 30.5 Å². The molecule has 3 N–H and O–H groups in total. The summed E-state index contributed by atoms with van der Waals surface area (Å²) < 4.78 is 0. The Morgan fingerprint density at radius 1 is 1.03 bits per heavy atom. The van der Waals surface area contributed by atoms with Crippen molar-refractivity contribution in [2.24, 2.45) is 0 Å². The van der Waals surface area contributed by atoms with Crippen LogP contribution in [-0.4, -0.2) is 46.0 Å². The van der Waals surface area contributed by atoms with Gasteiger partial charge in [0, 0.05) is 29.2 Å². The summed E-state index contributed by atoms with van der Waals surface area (Å²) in [5.41, 5.74) is 11.5. The van der Waals surface area contributed by atoms with Crippen LogP contribution in [0.3, 0.4) is 0 Å². The van der Waals surface area contributed by atoms with Crippen molar-refractivity contribution in [3.8, 4) is 11.1 Å². The summed E-state index contributed by atoms with van der Waals surface area (Å²) in [5.74, 6) is 1.31. The number of nitrogens with two attached hydrogens (primary N) is 1. The van der Waals surface area contributed by atoms with E-state index >= 15 is 0 Å².